The van der Waals surface area contributed by atoms with E-state index in [1.807, 2.05) is 13.0 Å². The van der Waals surface area contributed by atoms with Crippen LogP contribution >= 0.6 is 0 Å². The number of unbranched alkanes of at least 4 members (excludes halogenated alkanes) is 21. The Morgan fingerprint density at radius 1 is 0.603 bits per heavy atom. The molecule has 2 heterocycles. The maximum Gasteiger partial charge on any atom is 0.220 e. The lowest BCUT2D eigenvalue weighted by Crippen LogP contribution is -2.65. The zero-order chi connectivity index (χ0) is 42.5. The first-order valence-corrected chi connectivity index (χ1v) is 22.9. The van der Waals surface area contributed by atoms with Gasteiger partial charge in [0.15, 0.2) is 12.6 Å². The fourth-order valence-electron chi connectivity index (χ4n) is 7.65. The summed E-state index contributed by atoms with van der Waals surface area (Å²) in [5, 5.41) is 85.7. The molecular formula is C44H83NO13. The summed E-state index contributed by atoms with van der Waals surface area (Å²) in [6.07, 6.45) is 15.2. The lowest BCUT2D eigenvalue weighted by molar-refractivity contribution is -0.359. The number of aliphatic hydroxyl groups excluding tert-OH is 8. The van der Waals surface area contributed by atoms with Crippen molar-refractivity contribution in [3.05, 3.63) is 12.2 Å². The van der Waals surface area contributed by atoms with Gasteiger partial charge in [0.1, 0.15) is 48.8 Å². The molecule has 0 spiro atoms. The molecule has 1 amide bonds. The highest BCUT2D eigenvalue weighted by Gasteiger charge is 2.50. The largest absolute Gasteiger partial charge is 0.394 e. The number of rotatable bonds is 34. The van der Waals surface area contributed by atoms with Crippen molar-refractivity contribution in [3.8, 4) is 0 Å². The molecule has 0 unspecified atom stereocenters. The van der Waals surface area contributed by atoms with Crippen molar-refractivity contribution in [1.29, 1.82) is 0 Å². The molecule has 0 bridgehead atoms. The minimum atomic E-state index is -1.78. The maximum atomic E-state index is 12.9. The summed E-state index contributed by atoms with van der Waals surface area (Å²) < 4.78 is 22.4. The number of nitrogens with one attached hydrogen (secondary N) is 1. The monoisotopic (exact) mass is 834 g/mol. The molecule has 2 aliphatic rings. The molecule has 12 atom stereocenters. The summed E-state index contributed by atoms with van der Waals surface area (Å²) >= 11 is 0. The van der Waals surface area contributed by atoms with Gasteiger partial charge in [-0.1, -0.05) is 161 Å². The van der Waals surface area contributed by atoms with Gasteiger partial charge < -0.3 is 65.1 Å². The van der Waals surface area contributed by atoms with Crippen LogP contribution in [0.3, 0.4) is 0 Å². The van der Waals surface area contributed by atoms with Crippen molar-refractivity contribution >= 4 is 5.91 Å². The number of carbonyl (C=O) groups is 1. The molecule has 342 valence electrons. The standard InChI is InChI=1S/C44H83NO13/c1-3-5-7-8-9-10-11-12-13-14-15-16-17-18-19-20-21-22-23-24-26-28-36(49)45-32(33(48)27-25-6-4-2)31-55-43-41(54)39(52)42(35(30-47)57-43)58-44-40(53)38(51)37(50)34(29-46)56-44/h25,27,32-35,37-44,46-48,50-54H,3-24,26,28-31H2,1-2H3,(H,45,49)/t32-,33+,34-,35-,37+,38+,39-,40-,41-,42-,43-,44+/m1/s1. The Labute approximate surface area is 348 Å². The summed E-state index contributed by atoms with van der Waals surface area (Å²) in [6, 6.07) is -0.904. The summed E-state index contributed by atoms with van der Waals surface area (Å²) in [5.74, 6) is -0.249. The van der Waals surface area contributed by atoms with Crippen LogP contribution in [0, 0.1) is 0 Å². The number of allylic oxidation sites excluding steroid dienone is 1. The van der Waals surface area contributed by atoms with Gasteiger partial charge in [-0.3, -0.25) is 4.79 Å². The molecular weight excluding hydrogens is 750 g/mol. The van der Waals surface area contributed by atoms with Gasteiger partial charge >= 0.3 is 0 Å². The molecule has 2 saturated heterocycles. The van der Waals surface area contributed by atoms with Crippen molar-refractivity contribution in [2.24, 2.45) is 0 Å². The van der Waals surface area contributed by atoms with Crippen molar-refractivity contribution < 1.29 is 64.6 Å². The van der Waals surface area contributed by atoms with E-state index < -0.39 is 86.8 Å². The molecule has 0 aliphatic carbocycles. The van der Waals surface area contributed by atoms with Gasteiger partial charge in [-0.05, 0) is 12.8 Å². The van der Waals surface area contributed by atoms with Gasteiger partial charge in [-0.25, -0.2) is 0 Å². The molecule has 2 rings (SSSR count). The van der Waals surface area contributed by atoms with Crippen LogP contribution < -0.4 is 5.32 Å². The predicted octanol–water partition coefficient (Wildman–Crippen LogP) is 4.43. The van der Waals surface area contributed by atoms with E-state index in [0.717, 1.165) is 32.1 Å². The van der Waals surface area contributed by atoms with E-state index in [1.165, 1.54) is 109 Å². The Kier molecular flexibility index (Phi) is 29.6. The van der Waals surface area contributed by atoms with Gasteiger partial charge in [0.25, 0.3) is 0 Å². The van der Waals surface area contributed by atoms with E-state index in [2.05, 4.69) is 12.2 Å². The number of amides is 1. The van der Waals surface area contributed by atoms with Gasteiger partial charge in [0, 0.05) is 6.42 Å². The Morgan fingerprint density at radius 2 is 1.07 bits per heavy atom. The topological polar surface area (TPSA) is 228 Å². The van der Waals surface area contributed by atoms with Gasteiger partial charge in [-0.15, -0.1) is 0 Å². The normalized spacial score (nSPS) is 28.9. The van der Waals surface area contributed by atoms with Crippen LogP contribution in [0.2, 0.25) is 0 Å². The molecule has 0 aromatic carbocycles. The van der Waals surface area contributed by atoms with Crippen molar-refractivity contribution in [2.45, 2.75) is 242 Å². The molecule has 0 aromatic rings. The van der Waals surface area contributed by atoms with Gasteiger partial charge in [-0.2, -0.15) is 0 Å². The van der Waals surface area contributed by atoms with E-state index in [1.54, 1.807) is 6.08 Å². The molecule has 58 heavy (non-hydrogen) atoms. The maximum absolute atomic E-state index is 12.9. The average molecular weight is 834 g/mol. The van der Waals surface area contributed by atoms with Gasteiger partial charge in [0.05, 0.1) is 32.0 Å². The summed E-state index contributed by atoms with van der Waals surface area (Å²) in [4.78, 5) is 12.9. The Balaban J connectivity index is 1.67. The molecule has 0 radical (unpaired) electrons. The molecule has 2 fully saturated rings. The van der Waals surface area contributed by atoms with Crippen molar-refractivity contribution in [3.63, 3.8) is 0 Å². The summed E-state index contributed by atoms with van der Waals surface area (Å²) in [6.45, 7) is 2.55. The number of ether oxygens (including phenoxy) is 4. The van der Waals surface area contributed by atoms with E-state index >= 15 is 0 Å². The zero-order valence-corrected chi connectivity index (χ0v) is 35.8. The van der Waals surface area contributed by atoms with Crippen LogP contribution in [0.5, 0.6) is 0 Å². The Bertz CT molecular complexity index is 1040. The van der Waals surface area contributed by atoms with E-state index in [4.69, 9.17) is 18.9 Å². The molecule has 2 aliphatic heterocycles. The Hall–Kier alpha value is -1.27. The summed E-state index contributed by atoms with van der Waals surface area (Å²) in [7, 11) is 0. The van der Waals surface area contributed by atoms with Crippen molar-refractivity contribution in [1.82, 2.24) is 5.32 Å². The summed E-state index contributed by atoms with van der Waals surface area (Å²) in [5.41, 5.74) is 0. The second-order valence-electron chi connectivity index (χ2n) is 16.5. The van der Waals surface area contributed by atoms with Crippen LogP contribution in [0.25, 0.3) is 0 Å². The molecule has 0 saturated carbocycles. The van der Waals surface area contributed by atoms with E-state index in [0.29, 0.717) is 6.42 Å². The number of aliphatic hydroxyl groups is 8. The van der Waals surface area contributed by atoms with Crippen molar-refractivity contribution in [2.75, 3.05) is 19.8 Å². The number of hydrogen-bond acceptors (Lipinski definition) is 13. The fraction of sp³-hybridized carbons (Fsp3) is 0.932. The highest BCUT2D eigenvalue weighted by Crippen LogP contribution is 2.30. The average Bonchev–Trinajstić information content (AvgIpc) is 3.22. The first kappa shape index (κ1) is 52.9. The SMILES string of the molecule is CCCC=C[C@H](O)[C@@H](CO[C@@H]1O[C@H](CO)[C@@H](O[C@@H]2O[C@H](CO)[C@H](O)[C@H](O)[C@H]2O)[C@H](O)[C@H]1O)NC(=O)CCCCCCCCCCCCCCCCCCCCCCC. The fourth-order valence-corrected chi connectivity index (χ4v) is 7.65. The van der Waals surface area contributed by atoms with E-state index in [-0.39, 0.29) is 18.9 Å². The third-order valence-corrected chi connectivity index (χ3v) is 11.5. The molecule has 0 aromatic heterocycles. The third-order valence-electron chi connectivity index (χ3n) is 11.5. The van der Waals surface area contributed by atoms with Gasteiger partial charge in [0.2, 0.25) is 5.91 Å². The van der Waals surface area contributed by atoms with Crippen LogP contribution in [0.15, 0.2) is 12.2 Å². The van der Waals surface area contributed by atoms with Crippen LogP contribution in [-0.4, -0.2) is 140 Å². The smallest absolute Gasteiger partial charge is 0.220 e. The van der Waals surface area contributed by atoms with Crippen LogP contribution in [0.1, 0.15) is 168 Å². The molecule has 14 heteroatoms. The molecule has 14 nitrogen and oxygen atoms in total. The quantitative estimate of drug-likeness (QED) is 0.0324. The minimum Gasteiger partial charge on any atom is -0.394 e. The Morgan fingerprint density at radius 3 is 1.55 bits per heavy atom. The lowest BCUT2D eigenvalue weighted by Gasteiger charge is -2.46. The number of carbonyl (C=O) groups excluding carboxylic acids is 1. The van der Waals surface area contributed by atoms with Crippen LogP contribution in [-0.2, 0) is 23.7 Å². The highest BCUT2D eigenvalue weighted by atomic mass is 16.7. The second-order valence-corrected chi connectivity index (χ2v) is 16.5. The van der Waals surface area contributed by atoms with Crippen LogP contribution in [0.4, 0.5) is 0 Å². The lowest BCUT2D eigenvalue weighted by atomic mass is 9.97. The number of hydrogen-bond donors (Lipinski definition) is 9. The first-order chi connectivity index (χ1) is 28.1. The van der Waals surface area contributed by atoms with E-state index in [9.17, 15) is 45.6 Å². The third kappa shape index (κ3) is 20.5. The second kappa shape index (κ2) is 32.4. The molecule has 9 N–H and O–H groups in total. The first-order valence-electron chi connectivity index (χ1n) is 22.9. The minimum absolute atomic E-state index is 0.249. The predicted molar refractivity (Wildman–Crippen MR) is 222 cm³/mol. The zero-order valence-electron chi connectivity index (χ0n) is 35.8. The highest BCUT2D eigenvalue weighted by molar-refractivity contribution is 5.76.